The van der Waals surface area contributed by atoms with Gasteiger partial charge in [-0.15, -0.1) is 0 Å². The van der Waals surface area contributed by atoms with Gasteiger partial charge >= 0.3 is 0 Å². The number of hydrogen-bond donors (Lipinski definition) is 1. The van der Waals surface area contributed by atoms with Crippen molar-refractivity contribution in [3.8, 4) is 11.3 Å². The van der Waals surface area contributed by atoms with Gasteiger partial charge in [0.2, 0.25) is 11.8 Å². The standard InChI is InChI=1S/C16H20N2O2/c1-2-3-5-10-15(19)17-12-16-18-11-14(20-16)13-8-6-4-7-9-13/h4,6-9,11H,2-3,5,10,12H2,1H3,(H,17,19). The molecule has 1 aromatic heterocycles. The van der Waals surface area contributed by atoms with E-state index in [1.807, 2.05) is 30.3 Å². The van der Waals surface area contributed by atoms with Gasteiger partial charge in [0.25, 0.3) is 0 Å². The third-order valence-corrected chi connectivity index (χ3v) is 3.06. The second kappa shape index (κ2) is 7.48. The monoisotopic (exact) mass is 272 g/mol. The second-order valence-electron chi connectivity index (χ2n) is 4.72. The van der Waals surface area contributed by atoms with Gasteiger partial charge in [0.05, 0.1) is 12.7 Å². The predicted octanol–water partition coefficient (Wildman–Crippen LogP) is 3.54. The van der Waals surface area contributed by atoms with Crippen molar-refractivity contribution >= 4 is 5.91 Å². The summed E-state index contributed by atoms with van der Waals surface area (Å²) in [5.41, 5.74) is 0.987. The van der Waals surface area contributed by atoms with Crippen LogP contribution in [0, 0.1) is 0 Å². The van der Waals surface area contributed by atoms with E-state index in [9.17, 15) is 4.79 Å². The zero-order chi connectivity index (χ0) is 14.2. The molecule has 106 valence electrons. The van der Waals surface area contributed by atoms with Gasteiger partial charge in [-0.3, -0.25) is 4.79 Å². The first-order valence-corrected chi connectivity index (χ1v) is 7.06. The highest BCUT2D eigenvalue weighted by Crippen LogP contribution is 2.19. The zero-order valence-corrected chi connectivity index (χ0v) is 11.8. The number of amides is 1. The van der Waals surface area contributed by atoms with Crippen molar-refractivity contribution in [1.29, 1.82) is 0 Å². The number of benzene rings is 1. The number of carbonyl (C=O) groups excluding carboxylic acids is 1. The summed E-state index contributed by atoms with van der Waals surface area (Å²) >= 11 is 0. The van der Waals surface area contributed by atoms with Gasteiger partial charge in [-0.1, -0.05) is 50.1 Å². The summed E-state index contributed by atoms with van der Waals surface area (Å²) in [6.45, 7) is 2.47. The fraction of sp³-hybridized carbons (Fsp3) is 0.375. The molecule has 1 aromatic carbocycles. The highest BCUT2D eigenvalue weighted by Gasteiger charge is 2.07. The molecule has 4 heteroatoms. The zero-order valence-electron chi connectivity index (χ0n) is 11.8. The number of aromatic nitrogens is 1. The molecule has 0 spiro atoms. The number of hydrogen-bond acceptors (Lipinski definition) is 3. The summed E-state index contributed by atoms with van der Waals surface area (Å²) in [7, 11) is 0. The van der Waals surface area contributed by atoms with Crippen LogP contribution in [0.25, 0.3) is 11.3 Å². The van der Waals surface area contributed by atoms with Crippen molar-refractivity contribution < 1.29 is 9.21 Å². The van der Waals surface area contributed by atoms with Gasteiger partial charge in [-0.05, 0) is 6.42 Å². The highest BCUT2D eigenvalue weighted by atomic mass is 16.4. The van der Waals surface area contributed by atoms with Gasteiger partial charge in [0, 0.05) is 12.0 Å². The summed E-state index contributed by atoms with van der Waals surface area (Å²) in [6, 6.07) is 9.79. The smallest absolute Gasteiger partial charge is 0.220 e. The third-order valence-electron chi connectivity index (χ3n) is 3.06. The normalized spacial score (nSPS) is 10.4. The second-order valence-corrected chi connectivity index (χ2v) is 4.72. The van der Waals surface area contributed by atoms with Crippen molar-refractivity contribution in [2.45, 2.75) is 39.2 Å². The Kier molecular flexibility index (Phi) is 5.35. The summed E-state index contributed by atoms with van der Waals surface area (Å²) in [6.07, 6.45) is 5.40. The molecule has 0 radical (unpaired) electrons. The number of unbranched alkanes of at least 4 members (excludes halogenated alkanes) is 2. The molecule has 2 rings (SSSR count). The van der Waals surface area contributed by atoms with Gasteiger partial charge < -0.3 is 9.73 Å². The lowest BCUT2D eigenvalue weighted by Crippen LogP contribution is -2.22. The molecule has 0 saturated heterocycles. The Hall–Kier alpha value is -2.10. The Bertz CT molecular complexity index is 534. The molecule has 0 unspecified atom stereocenters. The first kappa shape index (κ1) is 14.3. The van der Waals surface area contributed by atoms with Crippen molar-refractivity contribution in [3.63, 3.8) is 0 Å². The first-order chi connectivity index (χ1) is 9.79. The van der Waals surface area contributed by atoms with Crippen LogP contribution in [0.4, 0.5) is 0 Å². The number of carbonyl (C=O) groups is 1. The van der Waals surface area contributed by atoms with Crippen LogP contribution in [0.1, 0.15) is 38.5 Å². The van der Waals surface area contributed by atoms with E-state index in [1.165, 1.54) is 0 Å². The minimum absolute atomic E-state index is 0.0536. The predicted molar refractivity (Wildman–Crippen MR) is 77.9 cm³/mol. The highest BCUT2D eigenvalue weighted by molar-refractivity contribution is 5.75. The number of nitrogens with one attached hydrogen (secondary N) is 1. The Labute approximate surface area is 119 Å². The van der Waals surface area contributed by atoms with Gasteiger partial charge in [0.15, 0.2) is 5.76 Å². The number of rotatable bonds is 7. The molecule has 1 N–H and O–H groups in total. The van der Waals surface area contributed by atoms with E-state index in [2.05, 4.69) is 17.2 Å². The molecule has 0 fully saturated rings. The Morgan fingerprint density at radius 3 is 2.80 bits per heavy atom. The van der Waals surface area contributed by atoms with Crippen LogP contribution in [0.5, 0.6) is 0 Å². The third kappa shape index (κ3) is 4.23. The van der Waals surface area contributed by atoms with Crippen LogP contribution in [0.2, 0.25) is 0 Å². The summed E-state index contributed by atoms with van der Waals surface area (Å²) in [5, 5.41) is 2.83. The molecule has 20 heavy (non-hydrogen) atoms. The fourth-order valence-electron chi connectivity index (χ4n) is 1.93. The van der Waals surface area contributed by atoms with Crippen LogP contribution in [0.15, 0.2) is 40.9 Å². The molecule has 1 amide bonds. The molecule has 0 bridgehead atoms. The van der Waals surface area contributed by atoms with E-state index in [4.69, 9.17) is 4.42 Å². The molecule has 1 heterocycles. The minimum atomic E-state index is 0.0536. The average Bonchev–Trinajstić information content (AvgIpc) is 2.95. The molecular formula is C16H20N2O2. The largest absolute Gasteiger partial charge is 0.439 e. The Balaban J connectivity index is 1.83. The van der Waals surface area contributed by atoms with Gasteiger partial charge in [-0.25, -0.2) is 4.98 Å². The SMILES string of the molecule is CCCCCC(=O)NCc1ncc(-c2ccccc2)o1. The van der Waals surface area contributed by atoms with Crippen molar-refractivity contribution in [1.82, 2.24) is 10.3 Å². The van der Waals surface area contributed by atoms with Crippen LogP contribution in [-0.2, 0) is 11.3 Å². The average molecular weight is 272 g/mol. The van der Waals surface area contributed by atoms with Crippen LogP contribution >= 0.6 is 0 Å². The van der Waals surface area contributed by atoms with Crippen molar-refractivity contribution in [2.24, 2.45) is 0 Å². The van der Waals surface area contributed by atoms with Crippen LogP contribution in [-0.4, -0.2) is 10.9 Å². The quantitative estimate of drug-likeness (QED) is 0.784. The van der Waals surface area contributed by atoms with E-state index < -0.39 is 0 Å². The van der Waals surface area contributed by atoms with E-state index in [0.717, 1.165) is 30.6 Å². The molecule has 0 atom stereocenters. The summed E-state index contributed by atoms with van der Waals surface area (Å²) in [4.78, 5) is 15.8. The Morgan fingerprint density at radius 2 is 2.05 bits per heavy atom. The molecule has 0 aliphatic carbocycles. The topological polar surface area (TPSA) is 55.1 Å². The van der Waals surface area contributed by atoms with E-state index in [-0.39, 0.29) is 5.91 Å². The van der Waals surface area contributed by atoms with Crippen LogP contribution in [0.3, 0.4) is 0 Å². The van der Waals surface area contributed by atoms with Gasteiger partial charge in [-0.2, -0.15) is 0 Å². The summed E-state index contributed by atoms with van der Waals surface area (Å²) < 4.78 is 5.62. The molecule has 0 aliphatic heterocycles. The van der Waals surface area contributed by atoms with E-state index in [1.54, 1.807) is 6.20 Å². The number of oxazole rings is 1. The van der Waals surface area contributed by atoms with E-state index >= 15 is 0 Å². The van der Waals surface area contributed by atoms with Gasteiger partial charge in [0.1, 0.15) is 0 Å². The van der Waals surface area contributed by atoms with Crippen molar-refractivity contribution in [2.75, 3.05) is 0 Å². The number of nitrogens with zero attached hydrogens (tertiary/aromatic N) is 1. The van der Waals surface area contributed by atoms with Crippen LogP contribution < -0.4 is 5.32 Å². The summed E-state index contributed by atoms with van der Waals surface area (Å²) in [5.74, 6) is 1.31. The lowest BCUT2D eigenvalue weighted by atomic mass is 10.2. The minimum Gasteiger partial charge on any atom is -0.439 e. The first-order valence-electron chi connectivity index (χ1n) is 7.06. The van der Waals surface area contributed by atoms with Crippen molar-refractivity contribution in [3.05, 3.63) is 42.4 Å². The maximum Gasteiger partial charge on any atom is 0.220 e. The maximum atomic E-state index is 11.6. The lowest BCUT2D eigenvalue weighted by molar-refractivity contribution is -0.121. The Morgan fingerprint density at radius 1 is 1.25 bits per heavy atom. The molecular weight excluding hydrogens is 252 g/mol. The van der Waals surface area contributed by atoms with E-state index in [0.29, 0.717) is 18.9 Å². The maximum absolute atomic E-state index is 11.6. The molecule has 0 aliphatic rings. The molecule has 2 aromatic rings. The molecule has 4 nitrogen and oxygen atoms in total. The lowest BCUT2D eigenvalue weighted by Gasteiger charge is -2.02. The molecule has 0 saturated carbocycles. The fourth-order valence-corrected chi connectivity index (χ4v) is 1.93.